The van der Waals surface area contributed by atoms with Crippen LogP contribution in [0.15, 0.2) is 53.3 Å². The lowest BCUT2D eigenvalue weighted by Crippen LogP contribution is -2.18. The van der Waals surface area contributed by atoms with Crippen LogP contribution in [0.3, 0.4) is 0 Å². The van der Waals surface area contributed by atoms with Crippen LogP contribution in [0.2, 0.25) is 0 Å². The van der Waals surface area contributed by atoms with Gasteiger partial charge < -0.3 is 9.52 Å². The first-order chi connectivity index (χ1) is 7.77. The lowest BCUT2D eigenvalue weighted by Gasteiger charge is -2.18. The third-order valence-corrected chi connectivity index (χ3v) is 2.93. The summed E-state index contributed by atoms with van der Waals surface area (Å²) in [4.78, 5) is 0. The van der Waals surface area contributed by atoms with Crippen molar-refractivity contribution in [3.05, 3.63) is 60.1 Å². The summed E-state index contributed by atoms with van der Waals surface area (Å²) in [6, 6.07) is 12.0. The minimum Gasteiger partial charge on any atom is -0.472 e. The Labute approximate surface area is 95.5 Å². The van der Waals surface area contributed by atoms with Crippen LogP contribution < -0.4 is 0 Å². The maximum atomic E-state index is 10.1. The first-order valence-corrected chi connectivity index (χ1v) is 5.51. The summed E-state index contributed by atoms with van der Waals surface area (Å²) in [5.41, 5.74) is 2.20. The lowest BCUT2D eigenvalue weighted by molar-refractivity contribution is 0.149. The molecule has 0 saturated heterocycles. The molecule has 0 spiro atoms. The molecule has 0 bridgehead atoms. The third-order valence-electron chi connectivity index (χ3n) is 2.93. The fraction of sp³-hybridized carbons (Fsp3) is 0.286. The molecule has 84 valence electrons. The second-order valence-electron chi connectivity index (χ2n) is 4.10. The third kappa shape index (κ3) is 2.52. The summed E-state index contributed by atoms with van der Waals surface area (Å²) in [6.07, 6.45) is 3.57. The van der Waals surface area contributed by atoms with Crippen molar-refractivity contribution in [2.24, 2.45) is 0 Å². The molecule has 2 heteroatoms. The van der Waals surface area contributed by atoms with Gasteiger partial charge >= 0.3 is 0 Å². The van der Waals surface area contributed by atoms with Gasteiger partial charge in [0.1, 0.15) is 0 Å². The van der Waals surface area contributed by atoms with Gasteiger partial charge in [-0.15, -0.1) is 0 Å². The molecule has 0 saturated carbocycles. The first kappa shape index (κ1) is 11.0. The van der Waals surface area contributed by atoms with Gasteiger partial charge in [-0.05, 0) is 17.2 Å². The summed E-state index contributed by atoms with van der Waals surface area (Å²) in [6.45, 7) is 2.04. The molecule has 0 amide bonds. The maximum absolute atomic E-state index is 10.1. The molecule has 2 rings (SSSR count). The van der Waals surface area contributed by atoms with Crippen LogP contribution in [0.5, 0.6) is 0 Å². The maximum Gasteiger partial charge on any atom is 0.0935 e. The molecule has 0 aliphatic carbocycles. The zero-order valence-electron chi connectivity index (χ0n) is 9.34. The number of aliphatic hydroxyl groups is 1. The van der Waals surface area contributed by atoms with Crippen LogP contribution in [0.25, 0.3) is 0 Å². The Bertz CT molecular complexity index is 406. The number of hydrogen-bond donors (Lipinski definition) is 1. The number of benzene rings is 1. The molecule has 2 aromatic rings. The van der Waals surface area contributed by atoms with E-state index < -0.39 is 0 Å². The lowest BCUT2D eigenvalue weighted by atomic mass is 9.92. The summed E-state index contributed by atoms with van der Waals surface area (Å²) >= 11 is 0. The van der Waals surface area contributed by atoms with E-state index in [1.165, 1.54) is 5.56 Å². The fourth-order valence-corrected chi connectivity index (χ4v) is 1.81. The molecule has 2 nitrogen and oxygen atoms in total. The highest BCUT2D eigenvalue weighted by Gasteiger charge is 2.16. The summed E-state index contributed by atoms with van der Waals surface area (Å²) in [7, 11) is 0. The topological polar surface area (TPSA) is 33.4 Å². The van der Waals surface area contributed by atoms with Gasteiger partial charge in [0.05, 0.1) is 18.6 Å². The minimum atomic E-state index is -0.375. The van der Waals surface area contributed by atoms with Crippen molar-refractivity contribution in [2.75, 3.05) is 0 Å². The van der Waals surface area contributed by atoms with Crippen LogP contribution in [-0.2, 0) is 6.42 Å². The van der Waals surface area contributed by atoms with Gasteiger partial charge in [-0.3, -0.25) is 0 Å². The van der Waals surface area contributed by atoms with Gasteiger partial charge in [0.25, 0.3) is 0 Å². The number of furan rings is 1. The fourth-order valence-electron chi connectivity index (χ4n) is 1.81. The number of rotatable bonds is 4. The predicted octanol–water partition coefficient (Wildman–Crippen LogP) is 2.99. The zero-order chi connectivity index (χ0) is 11.4. The Morgan fingerprint density at radius 2 is 1.94 bits per heavy atom. The Kier molecular flexibility index (Phi) is 3.42. The molecule has 0 aliphatic rings. The van der Waals surface area contributed by atoms with E-state index in [0.717, 1.165) is 5.56 Å². The van der Waals surface area contributed by atoms with E-state index in [-0.39, 0.29) is 12.0 Å². The highest BCUT2D eigenvalue weighted by Crippen LogP contribution is 2.21. The van der Waals surface area contributed by atoms with E-state index >= 15 is 0 Å². The number of hydrogen-bond acceptors (Lipinski definition) is 2. The standard InChI is InChI=1S/C14H16O2/c1-11(13-5-3-2-4-6-13)14(15)9-12-7-8-16-10-12/h2-8,10-11,14-15H,9H2,1H3. The molecule has 1 heterocycles. The van der Waals surface area contributed by atoms with Crippen molar-refractivity contribution in [1.82, 2.24) is 0 Å². The Morgan fingerprint density at radius 3 is 2.56 bits per heavy atom. The van der Waals surface area contributed by atoms with Gasteiger partial charge in [-0.2, -0.15) is 0 Å². The summed E-state index contributed by atoms with van der Waals surface area (Å²) in [5, 5.41) is 10.1. The monoisotopic (exact) mass is 216 g/mol. The average molecular weight is 216 g/mol. The van der Waals surface area contributed by atoms with Crippen molar-refractivity contribution >= 4 is 0 Å². The van der Waals surface area contributed by atoms with Crippen LogP contribution in [-0.4, -0.2) is 11.2 Å². The Hall–Kier alpha value is -1.54. The largest absolute Gasteiger partial charge is 0.472 e. The SMILES string of the molecule is CC(c1ccccc1)C(O)Cc1ccoc1. The normalized spacial score (nSPS) is 14.6. The summed E-state index contributed by atoms with van der Waals surface area (Å²) < 4.78 is 4.99. The molecular formula is C14H16O2. The Balaban J connectivity index is 2.02. The molecule has 0 aliphatic heterocycles. The summed E-state index contributed by atoms with van der Waals surface area (Å²) in [5.74, 6) is 0.135. The molecule has 2 unspecified atom stereocenters. The van der Waals surface area contributed by atoms with Crippen molar-refractivity contribution in [3.63, 3.8) is 0 Å². The average Bonchev–Trinajstić information content (AvgIpc) is 2.82. The van der Waals surface area contributed by atoms with Gasteiger partial charge in [0.15, 0.2) is 0 Å². The van der Waals surface area contributed by atoms with E-state index in [4.69, 9.17) is 4.42 Å². The van der Waals surface area contributed by atoms with Gasteiger partial charge in [-0.1, -0.05) is 37.3 Å². The van der Waals surface area contributed by atoms with E-state index in [2.05, 4.69) is 0 Å². The van der Waals surface area contributed by atoms with E-state index in [1.807, 2.05) is 43.3 Å². The quantitative estimate of drug-likeness (QED) is 0.852. The smallest absolute Gasteiger partial charge is 0.0935 e. The molecule has 2 atom stereocenters. The van der Waals surface area contributed by atoms with E-state index in [1.54, 1.807) is 12.5 Å². The van der Waals surface area contributed by atoms with Crippen molar-refractivity contribution in [1.29, 1.82) is 0 Å². The molecule has 0 radical (unpaired) electrons. The second kappa shape index (κ2) is 4.99. The van der Waals surface area contributed by atoms with Crippen LogP contribution in [0.1, 0.15) is 24.0 Å². The van der Waals surface area contributed by atoms with Crippen molar-refractivity contribution in [2.45, 2.75) is 25.4 Å². The molecule has 1 N–H and O–H groups in total. The van der Waals surface area contributed by atoms with Crippen LogP contribution in [0.4, 0.5) is 0 Å². The van der Waals surface area contributed by atoms with Gasteiger partial charge in [0.2, 0.25) is 0 Å². The van der Waals surface area contributed by atoms with Crippen LogP contribution in [0, 0.1) is 0 Å². The first-order valence-electron chi connectivity index (χ1n) is 5.51. The van der Waals surface area contributed by atoms with E-state index in [9.17, 15) is 5.11 Å². The molecule has 1 aromatic heterocycles. The van der Waals surface area contributed by atoms with Crippen LogP contribution >= 0.6 is 0 Å². The second-order valence-corrected chi connectivity index (χ2v) is 4.10. The predicted molar refractivity (Wildman–Crippen MR) is 63.3 cm³/mol. The van der Waals surface area contributed by atoms with Gasteiger partial charge in [-0.25, -0.2) is 0 Å². The molecule has 0 fully saturated rings. The van der Waals surface area contributed by atoms with E-state index in [0.29, 0.717) is 6.42 Å². The Morgan fingerprint density at radius 1 is 1.19 bits per heavy atom. The minimum absolute atomic E-state index is 0.135. The molecule has 1 aromatic carbocycles. The highest BCUT2D eigenvalue weighted by molar-refractivity contribution is 5.21. The number of aliphatic hydroxyl groups excluding tert-OH is 1. The van der Waals surface area contributed by atoms with Crippen molar-refractivity contribution in [3.8, 4) is 0 Å². The van der Waals surface area contributed by atoms with Gasteiger partial charge in [0, 0.05) is 12.3 Å². The molecule has 16 heavy (non-hydrogen) atoms. The molecular weight excluding hydrogens is 200 g/mol. The highest BCUT2D eigenvalue weighted by atomic mass is 16.3. The van der Waals surface area contributed by atoms with Crippen molar-refractivity contribution < 1.29 is 9.52 Å². The zero-order valence-corrected chi connectivity index (χ0v) is 9.34.